The summed E-state index contributed by atoms with van der Waals surface area (Å²) in [6, 6.07) is 5.28. The van der Waals surface area contributed by atoms with E-state index in [9.17, 15) is 4.39 Å². The Labute approximate surface area is 121 Å². The minimum Gasteiger partial charge on any atom is -0.497 e. The maximum absolute atomic E-state index is 14.3. The number of hydrogen-bond acceptors (Lipinski definition) is 2. The first kappa shape index (κ1) is 15.3. The molecule has 1 N–H and O–H groups in total. The Morgan fingerprint density at radius 3 is 2.55 bits per heavy atom. The van der Waals surface area contributed by atoms with Crippen LogP contribution in [0, 0.1) is 23.6 Å². The molecule has 1 aromatic rings. The lowest BCUT2D eigenvalue weighted by molar-refractivity contribution is 0.173. The normalized spacial score (nSPS) is 28.1. The molecule has 1 fully saturated rings. The highest BCUT2D eigenvalue weighted by atomic mass is 19.1. The van der Waals surface area contributed by atoms with Gasteiger partial charge in [-0.05, 0) is 43.7 Å². The van der Waals surface area contributed by atoms with Gasteiger partial charge in [0.1, 0.15) is 11.6 Å². The Morgan fingerprint density at radius 1 is 1.25 bits per heavy atom. The largest absolute Gasteiger partial charge is 0.497 e. The first-order valence-electron chi connectivity index (χ1n) is 7.57. The maximum atomic E-state index is 14.3. The molecule has 0 aromatic heterocycles. The SMILES string of the molecule is CNC(c1ccc(OC)cc1F)C1CCC(C)C(C)C1. The van der Waals surface area contributed by atoms with Crippen LogP contribution in [0.5, 0.6) is 5.75 Å². The van der Waals surface area contributed by atoms with Gasteiger partial charge >= 0.3 is 0 Å². The van der Waals surface area contributed by atoms with Gasteiger partial charge in [-0.1, -0.05) is 26.3 Å². The van der Waals surface area contributed by atoms with Crippen molar-refractivity contribution < 1.29 is 9.13 Å². The molecule has 0 amide bonds. The van der Waals surface area contributed by atoms with Crippen LogP contribution in [0.15, 0.2) is 18.2 Å². The molecule has 4 atom stereocenters. The molecule has 20 heavy (non-hydrogen) atoms. The second-order valence-corrected chi connectivity index (χ2v) is 6.18. The highest BCUT2D eigenvalue weighted by Crippen LogP contribution is 2.40. The minimum absolute atomic E-state index is 0.0934. The average Bonchev–Trinajstić information content (AvgIpc) is 2.45. The van der Waals surface area contributed by atoms with E-state index < -0.39 is 0 Å². The van der Waals surface area contributed by atoms with E-state index in [1.54, 1.807) is 7.11 Å². The zero-order valence-electron chi connectivity index (χ0n) is 12.9. The van der Waals surface area contributed by atoms with E-state index in [1.165, 1.54) is 18.9 Å². The molecule has 1 saturated carbocycles. The third-order valence-electron chi connectivity index (χ3n) is 4.96. The van der Waals surface area contributed by atoms with Crippen molar-refractivity contribution in [3.63, 3.8) is 0 Å². The molecular formula is C17H26FNO. The summed E-state index contributed by atoms with van der Waals surface area (Å²) in [6.45, 7) is 4.64. The Morgan fingerprint density at radius 2 is 2.00 bits per heavy atom. The molecule has 0 heterocycles. The first-order chi connectivity index (χ1) is 9.56. The predicted molar refractivity (Wildman–Crippen MR) is 80.4 cm³/mol. The van der Waals surface area contributed by atoms with Crippen LogP contribution < -0.4 is 10.1 Å². The number of benzene rings is 1. The van der Waals surface area contributed by atoms with Crippen LogP contribution in [-0.4, -0.2) is 14.2 Å². The molecule has 0 bridgehead atoms. The molecule has 2 nitrogen and oxygen atoms in total. The third-order valence-corrected chi connectivity index (χ3v) is 4.96. The lowest BCUT2D eigenvalue weighted by Gasteiger charge is -2.37. The Kier molecular flexibility index (Phi) is 5.03. The molecule has 0 radical (unpaired) electrons. The van der Waals surface area contributed by atoms with Gasteiger partial charge < -0.3 is 10.1 Å². The predicted octanol–water partition coefficient (Wildman–Crippen LogP) is 4.17. The highest BCUT2D eigenvalue weighted by Gasteiger charge is 2.31. The zero-order valence-corrected chi connectivity index (χ0v) is 12.9. The van der Waals surface area contributed by atoms with Crippen LogP contribution in [0.1, 0.15) is 44.7 Å². The summed E-state index contributed by atoms with van der Waals surface area (Å²) in [7, 11) is 3.49. The fourth-order valence-electron chi connectivity index (χ4n) is 3.42. The minimum atomic E-state index is -0.171. The summed E-state index contributed by atoms with van der Waals surface area (Å²) < 4.78 is 19.4. The van der Waals surface area contributed by atoms with Crippen LogP contribution in [0.3, 0.4) is 0 Å². The van der Waals surface area contributed by atoms with Crippen molar-refractivity contribution in [2.45, 2.75) is 39.2 Å². The molecule has 1 aliphatic rings. The number of hydrogen-bond donors (Lipinski definition) is 1. The van der Waals surface area contributed by atoms with Gasteiger partial charge in [0.25, 0.3) is 0 Å². The Bertz CT molecular complexity index is 449. The van der Waals surface area contributed by atoms with Gasteiger partial charge in [0.2, 0.25) is 0 Å². The quantitative estimate of drug-likeness (QED) is 0.893. The second kappa shape index (κ2) is 6.57. The smallest absolute Gasteiger partial charge is 0.131 e. The molecule has 0 saturated heterocycles. The van der Waals surface area contributed by atoms with Crippen molar-refractivity contribution in [3.05, 3.63) is 29.6 Å². The van der Waals surface area contributed by atoms with E-state index >= 15 is 0 Å². The van der Waals surface area contributed by atoms with E-state index in [4.69, 9.17) is 4.74 Å². The molecule has 1 aliphatic carbocycles. The summed E-state index contributed by atoms with van der Waals surface area (Å²) in [5, 5.41) is 3.32. The number of nitrogens with one attached hydrogen (secondary N) is 1. The molecular weight excluding hydrogens is 253 g/mol. The van der Waals surface area contributed by atoms with Gasteiger partial charge in [0.15, 0.2) is 0 Å². The summed E-state index contributed by atoms with van der Waals surface area (Å²) in [4.78, 5) is 0. The summed E-state index contributed by atoms with van der Waals surface area (Å²) in [5.41, 5.74) is 0.764. The first-order valence-corrected chi connectivity index (χ1v) is 7.57. The number of ether oxygens (including phenoxy) is 1. The second-order valence-electron chi connectivity index (χ2n) is 6.18. The molecule has 112 valence electrons. The molecule has 1 aromatic carbocycles. The lowest BCUT2D eigenvalue weighted by atomic mass is 9.72. The van der Waals surface area contributed by atoms with E-state index in [0.717, 1.165) is 17.9 Å². The van der Waals surface area contributed by atoms with E-state index in [1.807, 2.05) is 19.2 Å². The van der Waals surface area contributed by atoms with Gasteiger partial charge in [0.05, 0.1) is 7.11 Å². The van der Waals surface area contributed by atoms with E-state index in [2.05, 4.69) is 19.2 Å². The van der Waals surface area contributed by atoms with Crippen LogP contribution in [-0.2, 0) is 0 Å². The van der Waals surface area contributed by atoms with Gasteiger partial charge in [-0.25, -0.2) is 4.39 Å². The van der Waals surface area contributed by atoms with Crippen LogP contribution in [0.4, 0.5) is 4.39 Å². The highest BCUT2D eigenvalue weighted by molar-refractivity contribution is 5.31. The monoisotopic (exact) mass is 279 g/mol. The van der Waals surface area contributed by atoms with Gasteiger partial charge in [-0.3, -0.25) is 0 Å². The topological polar surface area (TPSA) is 21.3 Å². The van der Waals surface area contributed by atoms with Crippen molar-refractivity contribution in [1.29, 1.82) is 0 Å². The number of methoxy groups -OCH3 is 1. The van der Waals surface area contributed by atoms with Crippen molar-refractivity contribution in [2.24, 2.45) is 17.8 Å². The standard InChI is InChI=1S/C17H26FNO/c1-11-5-6-13(9-12(11)2)17(19-3)15-8-7-14(20-4)10-16(15)18/h7-8,10-13,17,19H,5-6,9H2,1-4H3. The molecule has 2 rings (SSSR count). The maximum Gasteiger partial charge on any atom is 0.131 e. The van der Waals surface area contributed by atoms with Crippen molar-refractivity contribution in [1.82, 2.24) is 5.32 Å². The van der Waals surface area contributed by atoms with E-state index in [-0.39, 0.29) is 11.9 Å². The van der Waals surface area contributed by atoms with Crippen LogP contribution in [0.25, 0.3) is 0 Å². The lowest BCUT2D eigenvalue weighted by Crippen LogP contribution is -2.32. The molecule has 3 heteroatoms. The van der Waals surface area contributed by atoms with Crippen LogP contribution >= 0.6 is 0 Å². The third kappa shape index (κ3) is 3.14. The number of rotatable bonds is 4. The van der Waals surface area contributed by atoms with Gasteiger partial charge in [-0.2, -0.15) is 0 Å². The van der Waals surface area contributed by atoms with Crippen LogP contribution in [0.2, 0.25) is 0 Å². The molecule has 0 aliphatic heterocycles. The average molecular weight is 279 g/mol. The Balaban J connectivity index is 2.20. The molecule has 0 spiro atoms. The summed E-state index contributed by atoms with van der Waals surface area (Å²) in [5.74, 6) is 2.41. The van der Waals surface area contributed by atoms with Gasteiger partial charge in [0, 0.05) is 17.7 Å². The van der Waals surface area contributed by atoms with Crippen molar-refractivity contribution in [3.8, 4) is 5.75 Å². The van der Waals surface area contributed by atoms with Crippen molar-refractivity contribution in [2.75, 3.05) is 14.2 Å². The fraction of sp³-hybridized carbons (Fsp3) is 0.647. The van der Waals surface area contributed by atoms with Crippen molar-refractivity contribution >= 4 is 0 Å². The zero-order chi connectivity index (χ0) is 14.7. The summed E-state index contributed by atoms with van der Waals surface area (Å²) in [6.07, 6.45) is 3.57. The van der Waals surface area contributed by atoms with E-state index in [0.29, 0.717) is 17.6 Å². The van der Waals surface area contributed by atoms with Gasteiger partial charge in [-0.15, -0.1) is 0 Å². The molecule has 4 unspecified atom stereocenters. The summed E-state index contributed by atoms with van der Waals surface area (Å²) >= 11 is 0. The number of halogens is 1. The fourth-order valence-corrected chi connectivity index (χ4v) is 3.42. The Hall–Kier alpha value is -1.09.